The molecule has 2 aromatic carbocycles. The Kier molecular flexibility index (Phi) is 6.09. The molecule has 0 aliphatic carbocycles. The van der Waals surface area contributed by atoms with Crippen LogP contribution < -0.4 is 0 Å². The smallest absolute Gasteiger partial charge is 0.410 e. The lowest BCUT2D eigenvalue weighted by Crippen LogP contribution is -2.62. The van der Waals surface area contributed by atoms with Crippen LogP contribution >= 0.6 is 0 Å². The van der Waals surface area contributed by atoms with E-state index in [-0.39, 0.29) is 18.1 Å². The van der Waals surface area contributed by atoms with Crippen molar-refractivity contribution < 1.29 is 14.6 Å². The maximum atomic E-state index is 12.3. The Balaban J connectivity index is 1.39. The number of benzene rings is 2. The van der Waals surface area contributed by atoms with Crippen molar-refractivity contribution in [3.8, 4) is 0 Å². The molecular weight excluding hydrogens is 388 g/mol. The van der Waals surface area contributed by atoms with E-state index in [4.69, 9.17) is 4.74 Å². The lowest BCUT2D eigenvalue weighted by atomic mass is 9.74. The summed E-state index contributed by atoms with van der Waals surface area (Å²) in [6, 6.07) is 21.4. The van der Waals surface area contributed by atoms with Crippen LogP contribution in [0.25, 0.3) is 0 Å². The molecule has 2 heterocycles. The molecule has 2 aliphatic rings. The van der Waals surface area contributed by atoms with Crippen LogP contribution in [0.2, 0.25) is 0 Å². The van der Waals surface area contributed by atoms with Crippen molar-refractivity contribution in [2.24, 2.45) is 5.92 Å². The second kappa shape index (κ2) is 8.64. The van der Waals surface area contributed by atoms with E-state index in [1.165, 1.54) is 11.1 Å². The molecule has 166 valence electrons. The average molecular weight is 423 g/mol. The van der Waals surface area contributed by atoms with Gasteiger partial charge in [-0.3, -0.25) is 4.90 Å². The fourth-order valence-electron chi connectivity index (χ4n) is 4.76. The van der Waals surface area contributed by atoms with E-state index >= 15 is 0 Å². The van der Waals surface area contributed by atoms with E-state index in [1.54, 1.807) is 4.90 Å². The Labute approximate surface area is 185 Å². The molecule has 4 rings (SSSR count). The molecule has 1 amide bonds. The number of likely N-dealkylation sites (tertiary alicyclic amines) is 2. The number of piperidine rings is 1. The van der Waals surface area contributed by atoms with Crippen LogP contribution in [0.15, 0.2) is 60.7 Å². The first-order valence-electron chi connectivity index (χ1n) is 11.3. The van der Waals surface area contributed by atoms with Crippen LogP contribution in [-0.4, -0.2) is 58.4 Å². The van der Waals surface area contributed by atoms with Gasteiger partial charge in [0, 0.05) is 32.1 Å². The molecule has 5 nitrogen and oxygen atoms in total. The predicted octanol–water partition coefficient (Wildman–Crippen LogP) is 4.47. The van der Waals surface area contributed by atoms with Gasteiger partial charge in [-0.1, -0.05) is 60.7 Å². The van der Waals surface area contributed by atoms with Crippen molar-refractivity contribution in [1.82, 2.24) is 9.80 Å². The van der Waals surface area contributed by atoms with Crippen molar-refractivity contribution in [3.05, 3.63) is 71.8 Å². The summed E-state index contributed by atoms with van der Waals surface area (Å²) in [5, 5.41) is 11.4. The lowest BCUT2D eigenvalue weighted by Gasteiger charge is -2.53. The van der Waals surface area contributed by atoms with Gasteiger partial charge in [0.05, 0.1) is 11.6 Å². The summed E-state index contributed by atoms with van der Waals surface area (Å²) < 4.78 is 5.49. The maximum Gasteiger partial charge on any atom is 0.410 e. The largest absolute Gasteiger partial charge is 0.444 e. The molecule has 0 atom stereocenters. The van der Waals surface area contributed by atoms with Crippen LogP contribution in [0.5, 0.6) is 0 Å². The number of amides is 1. The van der Waals surface area contributed by atoms with Gasteiger partial charge in [-0.25, -0.2) is 4.79 Å². The van der Waals surface area contributed by atoms with Crippen molar-refractivity contribution in [2.75, 3.05) is 26.2 Å². The van der Waals surface area contributed by atoms with Gasteiger partial charge in [0.15, 0.2) is 0 Å². The zero-order valence-electron chi connectivity index (χ0n) is 18.8. The molecular formula is C26H34N2O3. The molecule has 31 heavy (non-hydrogen) atoms. The third-order valence-corrected chi connectivity index (χ3v) is 6.55. The van der Waals surface area contributed by atoms with Crippen LogP contribution in [0, 0.1) is 5.92 Å². The van der Waals surface area contributed by atoms with Crippen LogP contribution in [0.3, 0.4) is 0 Å². The molecule has 0 radical (unpaired) electrons. The summed E-state index contributed by atoms with van der Waals surface area (Å²) >= 11 is 0. The van der Waals surface area contributed by atoms with Gasteiger partial charge in [-0.2, -0.15) is 0 Å². The van der Waals surface area contributed by atoms with E-state index < -0.39 is 11.2 Å². The fourth-order valence-corrected chi connectivity index (χ4v) is 4.76. The number of hydrogen-bond donors (Lipinski definition) is 1. The zero-order valence-corrected chi connectivity index (χ0v) is 18.8. The Hall–Kier alpha value is -2.37. The van der Waals surface area contributed by atoms with Gasteiger partial charge >= 0.3 is 6.09 Å². The minimum absolute atomic E-state index is 0.198. The number of hydrogen-bond acceptors (Lipinski definition) is 4. The normalized spacial score (nSPS) is 19.8. The molecule has 5 heteroatoms. The number of nitrogens with zero attached hydrogens (tertiary/aromatic N) is 2. The van der Waals surface area contributed by atoms with Gasteiger partial charge in [-0.15, -0.1) is 0 Å². The molecule has 2 fully saturated rings. The second-order valence-electron chi connectivity index (χ2n) is 9.95. The van der Waals surface area contributed by atoms with Crippen LogP contribution in [0.1, 0.15) is 50.8 Å². The van der Waals surface area contributed by atoms with Crippen molar-refractivity contribution in [1.29, 1.82) is 0 Å². The standard InChI is InChI=1S/C26H34N2O3/c1-25(2,3)31-24(29)27-16-14-26(30,15-17-27)22-18-28(19-22)23(20-10-6-4-7-11-20)21-12-8-5-9-13-21/h4-13,22-23,30H,14-19H2,1-3H3. The molecule has 1 N–H and O–H groups in total. The predicted molar refractivity (Wildman–Crippen MR) is 122 cm³/mol. The van der Waals surface area contributed by atoms with Crippen molar-refractivity contribution in [2.45, 2.75) is 50.9 Å². The Bertz CT molecular complexity index is 825. The first-order valence-corrected chi connectivity index (χ1v) is 11.3. The number of rotatable bonds is 4. The van der Waals surface area contributed by atoms with Gasteiger partial charge in [-0.05, 0) is 44.7 Å². The van der Waals surface area contributed by atoms with Crippen molar-refractivity contribution in [3.63, 3.8) is 0 Å². The van der Waals surface area contributed by atoms with Gasteiger partial charge < -0.3 is 14.7 Å². The lowest BCUT2D eigenvalue weighted by molar-refractivity contribution is -0.122. The number of aliphatic hydroxyl groups is 1. The highest BCUT2D eigenvalue weighted by Crippen LogP contribution is 2.41. The molecule has 2 aromatic rings. The average Bonchev–Trinajstić information content (AvgIpc) is 2.70. The molecule has 0 unspecified atom stereocenters. The molecule has 0 aromatic heterocycles. The first-order chi connectivity index (χ1) is 14.8. The quantitative estimate of drug-likeness (QED) is 0.790. The topological polar surface area (TPSA) is 53.0 Å². The highest BCUT2D eigenvalue weighted by Gasteiger charge is 2.48. The Morgan fingerprint density at radius 3 is 1.90 bits per heavy atom. The molecule has 0 bridgehead atoms. The molecule has 0 spiro atoms. The van der Waals surface area contributed by atoms with Crippen LogP contribution in [0.4, 0.5) is 4.79 Å². The summed E-state index contributed by atoms with van der Waals surface area (Å²) in [7, 11) is 0. The third-order valence-electron chi connectivity index (χ3n) is 6.55. The fraction of sp³-hybridized carbons (Fsp3) is 0.500. The number of carbonyl (C=O) groups excluding carboxylic acids is 1. The SMILES string of the molecule is CC(C)(C)OC(=O)N1CCC(O)(C2CN(C(c3ccccc3)c3ccccc3)C2)CC1. The highest BCUT2D eigenvalue weighted by atomic mass is 16.6. The summed E-state index contributed by atoms with van der Waals surface area (Å²) in [6.07, 6.45) is 0.927. The summed E-state index contributed by atoms with van der Waals surface area (Å²) in [5.41, 5.74) is 1.34. The molecule has 0 saturated carbocycles. The summed E-state index contributed by atoms with van der Waals surface area (Å²) in [4.78, 5) is 16.5. The van der Waals surface area contributed by atoms with E-state index in [0.717, 1.165) is 13.1 Å². The third kappa shape index (κ3) is 4.94. The van der Waals surface area contributed by atoms with Crippen LogP contribution in [-0.2, 0) is 4.74 Å². The maximum absolute atomic E-state index is 12.3. The number of carbonyl (C=O) groups is 1. The van der Waals surface area contributed by atoms with E-state index in [1.807, 2.05) is 32.9 Å². The van der Waals surface area contributed by atoms with Gasteiger partial charge in [0.25, 0.3) is 0 Å². The highest BCUT2D eigenvalue weighted by molar-refractivity contribution is 5.68. The van der Waals surface area contributed by atoms with E-state index in [0.29, 0.717) is 25.9 Å². The Morgan fingerprint density at radius 2 is 1.45 bits per heavy atom. The Morgan fingerprint density at radius 1 is 0.968 bits per heavy atom. The van der Waals surface area contributed by atoms with Crippen molar-refractivity contribution >= 4 is 6.09 Å². The van der Waals surface area contributed by atoms with Gasteiger partial charge in [0.2, 0.25) is 0 Å². The zero-order chi connectivity index (χ0) is 22.1. The van der Waals surface area contributed by atoms with E-state index in [2.05, 4.69) is 53.4 Å². The first kappa shape index (κ1) is 21.8. The minimum Gasteiger partial charge on any atom is -0.444 e. The van der Waals surface area contributed by atoms with Gasteiger partial charge in [0.1, 0.15) is 5.60 Å². The summed E-state index contributed by atoms with van der Waals surface area (Å²) in [5.74, 6) is 0.225. The molecule has 2 saturated heterocycles. The second-order valence-corrected chi connectivity index (χ2v) is 9.95. The minimum atomic E-state index is -0.715. The summed E-state index contributed by atoms with van der Waals surface area (Å²) in [6.45, 7) is 8.44. The molecule has 2 aliphatic heterocycles. The number of ether oxygens (including phenoxy) is 1. The monoisotopic (exact) mass is 422 g/mol. The van der Waals surface area contributed by atoms with E-state index in [9.17, 15) is 9.90 Å².